The topological polar surface area (TPSA) is 35.5 Å². The van der Waals surface area contributed by atoms with E-state index in [0.29, 0.717) is 30.8 Å². The average molecular weight is 272 g/mol. The van der Waals surface area contributed by atoms with Crippen molar-refractivity contribution < 1.29 is 14.3 Å². The molecule has 3 nitrogen and oxygen atoms in total. The summed E-state index contributed by atoms with van der Waals surface area (Å²) in [5, 5.41) is 0. The van der Waals surface area contributed by atoms with E-state index in [2.05, 4.69) is 19.1 Å². The first-order valence-electron chi connectivity index (χ1n) is 7.49. The SMILES string of the molecule is C[C@]12C[C@H]1[C@@H](COCc1ccccc1)[C@@H]1CC(=O)O[C@@H]12. The Bertz CT molecular complexity index is 526. The van der Waals surface area contributed by atoms with Crippen molar-refractivity contribution in [2.45, 2.75) is 32.5 Å². The number of carbonyl (C=O) groups excluding carboxylic acids is 1. The first kappa shape index (κ1) is 12.4. The van der Waals surface area contributed by atoms with Crippen LogP contribution in [0.15, 0.2) is 30.3 Å². The molecule has 5 atom stereocenters. The lowest BCUT2D eigenvalue weighted by Gasteiger charge is -2.21. The zero-order valence-electron chi connectivity index (χ0n) is 11.7. The Balaban J connectivity index is 1.39. The minimum atomic E-state index is -0.0142. The van der Waals surface area contributed by atoms with Crippen molar-refractivity contribution in [1.82, 2.24) is 0 Å². The van der Waals surface area contributed by atoms with Gasteiger partial charge in [0.2, 0.25) is 0 Å². The van der Waals surface area contributed by atoms with Crippen molar-refractivity contribution in [2.75, 3.05) is 6.61 Å². The van der Waals surface area contributed by atoms with Gasteiger partial charge in [-0.25, -0.2) is 0 Å². The van der Waals surface area contributed by atoms with Crippen LogP contribution < -0.4 is 0 Å². The van der Waals surface area contributed by atoms with E-state index in [9.17, 15) is 4.79 Å². The molecule has 1 aromatic carbocycles. The summed E-state index contributed by atoms with van der Waals surface area (Å²) in [6, 6.07) is 10.3. The Labute approximate surface area is 119 Å². The molecule has 2 aliphatic carbocycles. The molecule has 0 bridgehead atoms. The van der Waals surface area contributed by atoms with Crippen LogP contribution in [0.3, 0.4) is 0 Å². The van der Waals surface area contributed by atoms with E-state index in [1.54, 1.807) is 0 Å². The van der Waals surface area contributed by atoms with Crippen LogP contribution in [-0.4, -0.2) is 18.7 Å². The lowest BCUT2D eigenvalue weighted by molar-refractivity contribution is -0.143. The molecule has 106 valence electrons. The largest absolute Gasteiger partial charge is 0.461 e. The highest BCUT2D eigenvalue weighted by atomic mass is 16.6. The molecule has 0 N–H and O–H groups in total. The Hall–Kier alpha value is -1.35. The summed E-state index contributed by atoms with van der Waals surface area (Å²) >= 11 is 0. The molecule has 1 aromatic rings. The predicted molar refractivity (Wildman–Crippen MR) is 73.8 cm³/mol. The second-order valence-electron chi connectivity index (χ2n) is 6.76. The third kappa shape index (κ3) is 1.80. The minimum Gasteiger partial charge on any atom is -0.461 e. The lowest BCUT2D eigenvalue weighted by atomic mass is 9.88. The van der Waals surface area contributed by atoms with E-state index >= 15 is 0 Å². The van der Waals surface area contributed by atoms with Gasteiger partial charge in [0, 0.05) is 11.3 Å². The van der Waals surface area contributed by atoms with Gasteiger partial charge in [0.25, 0.3) is 0 Å². The molecule has 3 aliphatic rings. The van der Waals surface area contributed by atoms with Crippen LogP contribution >= 0.6 is 0 Å². The molecule has 0 unspecified atom stereocenters. The van der Waals surface area contributed by atoms with Crippen molar-refractivity contribution in [2.24, 2.45) is 23.2 Å². The third-order valence-corrected chi connectivity index (χ3v) is 5.53. The molecule has 4 rings (SSSR count). The molecular formula is C17H20O3. The average Bonchev–Trinajstić information content (AvgIpc) is 2.87. The second-order valence-corrected chi connectivity index (χ2v) is 6.76. The summed E-state index contributed by atoms with van der Waals surface area (Å²) in [5.74, 6) is 1.57. The van der Waals surface area contributed by atoms with Gasteiger partial charge in [-0.1, -0.05) is 37.3 Å². The Morgan fingerprint density at radius 3 is 2.95 bits per heavy atom. The van der Waals surface area contributed by atoms with Gasteiger partial charge in [0.15, 0.2) is 0 Å². The molecule has 0 radical (unpaired) electrons. The maximum Gasteiger partial charge on any atom is 0.306 e. The Morgan fingerprint density at radius 2 is 2.15 bits per heavy atom. The zero-order chi connectivity index (χ0) is 13.7. The highest BCUT2D eigenvalue weighted by Crippen LogP contribution is 2.70. The summed E-state index contributed by atoms with van der Waals surface area (Å²) in [6.45, 7) is 3.69. The fraction of sp³-hybridized carbons (Fsp3) is 0.588. The standard InChI is InChI=1S/C17H20O3/c1-17-8-14(17)13(12-7-15(18)20-16(12)17)10-19-9-11-5-3-2-4-6-11/h2-6,12-14,16H,7-10H2,1H3/t12-,13-,14-,16-,17-/m0/s1. The molecule has 1 heterocycles. The van der Waals surface area contributed by atoms with Crippen LogP contribution in [-0.2, 0) is 20.9 Å². The molecule has 20 heavy (non-hydrogen) atoms. The van der Waals surface area contributed by atoms with Gasteiger partial charge in [-0.3, -0.25) is 4.79 Å². The highest BCUT2D eigenvalue weighted by molar-refractivity contribution is 5.73. The number of carbonyl (C=O) groups is 1. The van der Waals surface area contributed by atoms with Crippen LogP contribution in [0.25, 0.3) is 0 Å². The number of hydrogen-bond donors (Lipinski definition) is 0. The maximum atomic E-state index is 11.5. The number of rotatable bonds is 4. The van der Waals surface area contributed by atoms with Crippen LogP contribution in [0, 0.1) is 23.2 Å². The monoisotopic (exact) mass is 272 g/mol. The molecule has 3 heteroatoms. The van der Waals surface area contributed by atoms with Gasteiger partial charge in [0.05, 0.1) is 19.6 Å². The van der Waals surface area contributed by atoms with Crippen molar-refractivity contribution in [3.8, 4) is 0 Å². The summed E-state index contributed by atoms with van der Waals surface area (Å²) in [5.41, 5.74) is 1.46. The van der Waals surface area contributed by atoms with E-state index in [4.69, 9.17) is 9.47 Å². The van der Waals surface area contributed by atoms with E-state index in [-0.39, 0.29) is 17.5 Å². The van der Waals surface area contributed by atoms with Crippen LogP contribution in [0.1, 0.15) is 25.3 Å². The summed E-state index contributed by atoms with van der Waals surface area (Å²) < 4.78 is 11.5. The number of hydrogen-bond acceptors (Lipinski definition) is 3. The smallest absolute Gasteiger partial charge is 0.306 e. The van der Waals surface area contributed by atoms with Crippen molar-refractivity contribution in [3.63, 3.8) is 0 Å². The van der Waals surface area contributed by atoms with Gasteiger partial charge in [-0.05, 0) is 23.8 Å². The molecule has 1 aliphatic heterocycles. The minimum absolute atomic E-state index is 0.0142. The van der Waals surface area contributed by atoms with Gasteiger partial charge >= 0.3 is 5.97 Å². The first-order chi connectivity index (χ1) is 9.68. The van der Waals surface area contributed by atoms with Crippen LogP contribution in [0.5, 0.6) is 0 Å². The fourth-order valence-corrected chi connectivity index (χ4v) is 4.38. The first-order valence-corrected chi connectivity index (χ1v) is 7.49. The summed E-state index contributed by atoms with van der Waals surface area (Å²) in [6.07, 6.45) is 1.95. The normalized spacial score (nSPS) is 41.1. The third-order valence-electron chi connectivity index (χ3n) is 5.53. The van der Waals surface area contributed by atoms with Gasteiger partial charge < -0.3 is 9.47 Å². The number of benzene rings is 1. The Kier molecular flexibility index (Phi) is 2.68. The molecular weight excluding hydrogens is 252 g/mol. The van der Waals surface area contributed by atoms with Gasteiger partial charge in [0.1, 0.15) is 6.10 Å². The van der Waals surface area contributed by atoms with E-state index in [1.807, 2.05) is 18.2 Å². The number of fused-ring (bicyclic) bond motifs is 3. The number of esters is 1. The quantitative estimate of drug-likeness (QED) is 0.791. The molecule has 3 fully saturated rings. The van der Waals surface area contributed by atoms with Crippen LogP contribution in [0.2, 0.25) is 0 Å². The highest BCUT2D eigenvalue weighted by Gasteiger charge is 2.71. The van der Waals surface area contributed by atoms with E-state index < -0.39 is 0 Å². The molecule has 1 saturated heterocycles. The van der Waals surface area contributed by atoms with Crippen molar-refractivity contribution in [1.29, 1.82) is 0 Å². The summed E-state index contributed by atoms with van der Waals surface area (Å²) in [7, 11) is 0. The second kappa shape index (κ2) is 4.32. The van der Waals surface area contributed by atoms with Gasteiger partial charge in [-0.15, -0.1) is 0 Å². The predicted octanol–water partition coefficient (Wildman–Crippen LogP) is 2.79. The van der Waals surface area contributed by atoms with E-state index in [0.717, 1.165) is 6.61 Å². The zero-order valence-corrected chi connectivity index (χ0v) is 11.7. The molecule has 2 saturated carbocycles. The van der Waals surface area contributed by atoms with Crippen molar-refractivity contribution >= 4 is 5.97 Å². The lowest BCUT2D eigenvalue weighted by Crippen LogP contribution is -2.25. The number of ether oxygens (including phenoxy) is 2. The maximum absolute atomic E-state index is 11.5. The Morgan fingerprint density at radius 1 is 1.35 bits per heavy atom. The van der Waals surface area contributed by atoms with E-state index in [1.165, 1.54) is 12.0 Å². The summed E-state index contributed by atoms with van der Waals surface area (Å²) in [4.78, 5) is 11.5. The molecule has 0 spiro atoms. The molecule has 0 amide bonds. The molecule has 0 aromatic heterocycles. The van der Waals surface area contributed by atoms with Gasteiger partial charge in [-0.2, -0.15) is 0 Å². The van der Waals surface area contributed by atoms with Crippen LogP contribution in [0.4, 0.5) is 0 Å². The van der Waals surface area contributed by atoms with Crippen molar-refractivity contribution in [3.05, 3.63) is 35.9 Å². The fourth-order valence-electron chi connectivity index (χ4n) is 4.38.